The summed E-state index contributed by atoms with van der Waals surface area (Å²) in [6.07, 6.45) is 5.16. The molecule has 0 aliphatic carbocycles. The van der Waals surface area contributed by atoms with Gasteiger partial charge in [0.15, 0.2) is 0 Å². The Morgan fingerprint density at radius 3 is 2.77 bits per heavy atom. The molecule has 164 valence electrons. The molecule has 1 atom stereocenters. The van der Waals surface area contributed by atoms with Crippen molar-refractivity contribution in [1.29, 1.82) is 0 Å². The van der Waals surface area contributed by atoms with E-state index in [1.165, 1.54) is 16.7 Å². The Bertz CT molecular complexity index is 1110. The van der Waals surface area contributed by atoms with E-state index in [-0.39, 0.29) is 11.4 Å². The molecular formula is C26H32N2O3. The van der Waals surface area contributed by atoms with Crippen LogP contribution in [0, 0.1) is 13.8 Å². The largest absolute Gasteiger partial charge is 0.497 e. The SMILES string of the molecule is COc1ccc2c(CCC(C)(N)CCN3CCc4c(ccc(C)c4C)C3=O)coc2c1. The van der Waals surface area contributed by atoms with Crippen molar-refractivity contribution in [3.63, 3.8) is 0 Å². The summed E-state index contributed by atoms with van der Waals surface area (Å²) in [5.41, 5.74) is 12.8. The zero-order chi connectivity index (χ0) is 22.2. The van der Waals surface area contributed by atoms with Crippen LogP contribution in [0.2, 0.25) is 0 Å². The van der Waals surface area contributed by atoms with Gasteiger partial charge in [0.2, 0.25) is 0 Å². The van der Waals surface area contributed by atoms with Crippen LogP contribution in [-0.4, -0.2) is 36.5 Å². The van der Waals surface area contributed by atoms with Crippen molar-refractivity contribution in [3.05, 3.63) is 64.4 Å². The number of carbonyl (C=O) groups excluding carboxylic acids is 1. The van der Waals surface area contributed by atoms with Crippen LogP contribution in [0.15, 0.2) is 41.0 Å². The zero-order valence-electron chi connectivity index (χ0n) is 19.0. The predicted octanol–water partition coefficient (Wildman–Crippen LogP) is 4.80. The minimum absolute atomic E-state index is 0.134. The van der Waals surface area contributed by atoms with Crippen LogP contribution in [0.1, 0.15) is 52.4 Å². The highest BCUT2D eigenvalue weighted by atomic mass is 16.5. The van der Waals surface area contributed by atoms with Crippen LogP contribution in [0.25, 0.3) is 11.0 Å². The highest BCUT2D eigenvalue weighted by Crippen LogP contribution is 2.29. The molecule has 0 radical (unpaired) electrons. The fraction of sp³-hybridized carbons (Fsp3) is 0.423. The highest BCUT2D eigenvalue weighted by Gasteiger charge is 2.28. The number of methoxy groups -OCH3 is 1. The van der Waals surface area contributed by atoms with Gasteiger partial charge in [0.05, 0.1) is 13.4 Å². The summed E-state index contributed by atoms with van der Waals surface area (Å²) in [7, 11) is 1.65. The molecule has 0 saturated heterocycles. The third-order valence-corrected chi connectivity index (χ3v) is 6.80. The van der Waals surface area contributed by atoms with E-state index in [9.17, 15) is 4.79 Å². The lowest BCUT2D eigenvalue weighted by Crippen LogP contribution is -2.44. The Balaban J connectivity index is 1.37. The van der Waals surface area contributed by atoms with Crippen molar-refractivity contribution in [1.82, 2.24) is 4.90 Å². The lowest BCUT2D eigenvalue weighted by Gasteiger charge is -2.33. The number of furan rings is 1. The maximum atomic E-state index is 13.0. The molecule has 0 spiro atoms. The predicted molar refractivity (Wildman–Crippen MR) is 124 cm³/mol. The second-order valence-electron chi connectivity index (χ2n) is 9.10. The minimum Gasteiger partial charge on any atom is -0.497 e. The van der Waals surface area contributed by atoms with Crippen LogP contribution >= 0.6 is 0 Å². The van der Waals surface area contributed by atoms with Crippen LogP contribution in [0.5, 0.6) is 5.75 Å². The van der Waals surface area contributed by atoms with Crippen LogP contribution in [0.4, 0.5) is 0 Å². The molecule has 0 bridgehead atoms. The van der Waals surface area contributed by atoms with Crippen molar-refractivity contribution >= 4 is 16.9 Å². The van der Waals surface area contributed by atoms with Gasteiger partial charge in [0, 0.05) is 35.6 Å². The van der Waals surface area contributed by atoms with Crippen molar-refractivity contribution in [2.45, 2.75) is 52.0 Å². The topological polar surface area (TPSA) is 68.7 Å². The number of ether oxygens (including phenoxy) is 1. The first-order chi connectivity index (χ1) is 14.8. The van der Waals surface area contributed by atoms with Gasteiger partial charge in [-0.25, -0.2) is 0 Å². The van der Waals surface area contributed by atoms with Gasteiger partial charge in [0.25, 0.3) is 5.91 Å². The normalized spacial score (nSPS) is 15.8. The number of hydrogen-bond donors (Lipinski definition) is 1. The molecule has 5 nitrogen and oxygen atoms in total. The molecule has 3 aromatic rings. The maximum Gasteiger partial charge on any atom is 0.254 e. The molecule has 0 saturated carbocycles. The molecule has 31 heavy (non-hydrogen) atoms. The fourth-order valence-corrected chi connectivity index (χ4v) is 4.45. The number of hydrogen-bond acceptors (Lipinski definition) is 4. The van der Waals surface area contributed by atoms with Crippen LogP contribution in [-0.2, 0) is 12.8 Å². The first-order valence-corrected chi connectivity index (χ1v) is 11.0. The highest BCUT2D eigenvalue weighted by molar-refractivity contribution is 5.97. The van der Waals surface area contributed by atoms with E-state index in [4.69, 9.17) is 14.9 Å². The number of carbonyl (C=O) groups is 1. The number of amides is 1. The summed E-state index contributed by atoms with van der Waals surface area (Å²) >= 11 is 0. The standard InChI is InChI=1S/C26H32N2O3/c1-17-5-7-23-21(18(17)2)10-13-28(25(23)29)14-12-26(3,27)11-9-19-16-31-24-15-20(30-4)6-8-22(19)24/h5-8,15-16H,9-14,27H2,1-4H3. The Labute approximate surface area is 184 Å². The van der Waals surface area contributed by atoms with Gasteiger partial charge < -0.3 is 19.8 Å². The van der Waals surface area contributed by atoms with Gasteiger partial charge in [-0.05, 0) is 86.9 Å². The number of nitrogens with two attached hydrogens (primary N) is 1. The van der Waals surface area contributed by atoms with Crippen molar-refractivity contribution in [3.8, 4) is 5.75 Å². The average molecular weight is 421 g/mol. The van der Waals surface area contributed by atoms with E-state index in [0.717, 1.165) is 60.1 Å². The van der Waals surface area contributed by atoms with E-state index < -0.39 is 0 Å². The number of fused-ring (bicyclic) bond motifs is 2. The number of nitrogens with zero attached hydrogens (tertiary/aromatic N) is 1. The van der Waals surface area contributed by atoms with Crippen LogP contribution in [0.3, 0.4) is 0 Å². The number of aryl methyl sites for hydroxylation is 2. The molecule has 1 aliphatic rings. The molecule has 4 rings (SSSR count). The van der Waals surface area contributed by atoms with Gasteiger partial charge in [-0.1, -0.05) is 6.07 Å². The van der Waals surface area contributed by atoms with Crippen molar-refractivity contribution in [2.24, 2.45) is 5.73 Å². The maximum absolute atomic E-state index is 13.0. The molecule has 1 amide bonds. The smallest absolute Gasteiger partial charge is 0.254 e. The lowest BCUT2D eigenvalue weighted by atomic mass is 9.89. The minimum atomic E-state index is -0.361. The average Bonchev–Trinajstić information content (AvgIpc) is 3.16. The summed E-state index contributed by atoms with van der Waals surface area (Å²) < 4.78 is 11.0. The van der Waals surface area contributed by atoms with E-state index in [0.29, 0.717) is 6.54 Å². The monoisotopic (exact) mass is 420 g/mol. The second kappa shape index (κ2) is 8.39. The molecule has 1 unspecified atom stereocenters. The number of rotatable bonds is 7. The quantitative estimate of drug-likeness (QED) is 0.596. The Hall–Kier alpha value is -2.79. The van der Waals surface area contributed by atoms with Crippen LogP contribution < -0.4 is 10.5 Å². The van der Waals surface area contributed by atoms with E-state index >= 15 is 0 Å². The van der Waals surface area contributed by atoms with E-state index in [1.807, 2.05) is 41.5 Å². The van der Waals surface area contributed by atoms with E-state index in [1.54, 1.807) is 7.11 Å². The molecule has 2 aromatic carbocycles. The van der Waals surface area contributed by atoms with Gasteiger partial charge in [-0.3, -0.25) is 4.79 Å². The second-order valence-corrected chi connectivity index (χ2v) is 9.10. The molecule has 0 fully saturated rings. The summed E-state index contributed by atoms with van der Waals surface area (Å²) in [6, 6.07) is 9.92. The first kappa shape index (κ1) is 21.4. The molecule has 1 aromatic heterocycles. The third kappa shape index (κ3) is 4.33. The molecule has 1 aliphatic heterocycles. The number of benzene rings is 2. The Kier molecular flexibility index (Phi) is 5.80. The molecule has 2 heterocycles. The van der Waals surface area contributed by atoms with Crippen molar-refractivity contribution < 1.29 is 13.9 Å². The molecule has 5 heteroatoms. The van der Waals surface area contributed by atoms with Gasteiger partial charge in [-0.15, -0.1) is 0 Å². The Morgan fingerprint density at radius 2 is 2.00 bits per heavy atom. The Morgan fingerprint density at radius 1 is 1.19 bits per heavy atom. The van der Waals surface area contributed by atoms with E-state index in [2.05, 4.69) is 20.8 Å². The summed E-state index contributed by atoms with van der Waals surface area (Å²) in [6.45, 7) is 7.74. The molecular weight excluding hydrogens is 388 g/mol. The fourth-order valence-electron chi connectivity index (χ4n) is 4.45. The zero-order valence-corrected chi connectivity index (χ0v) is 19.0. The van der Waals surface area contributed by atoms with Gasteiger partial charge in [0.1, 0.15) is 11.3 Å². The summed E-state index contributed by atoms with van der Waals surface area (Å²) in [4.78, 5) is 15.0. The van der Waals surface area contributed by atoms with Crippen molar-refractivity contribution in [2.75, 3.05) is 20.2 Å². The summed E-state index contributed by atoms with van der Waals surface area (Å²) in [5.74, 6) is 0.921. The summed E-state index contributed by atoms with van der Waals surface area (Å²) in [5, 5.41) is 1.10. The van der Waals surface area contributed by atoms with Gasteiger partial charge >= 0.3 is 0 Å². The molecule has 2 N–H and O–H groups in total. The van der Waals surface area contributed by atoms with Gasteiger partial charge in [-0.2, -0.15) is 0 Å². The lowest BCUT2D eigenvalue weighted by molar-refractivity contribution is 0.0726. The third-order valence-electron chi connectivity index (χ3n) is 6.80. The first-order valence-electron chi connectivity index (χ1n) is 11.0.